The molecule has 0 atom stereocenters. The van der Waals surface area contributed by atoms with Crippen molar-refractivity contribution in [3.8, 4) is 0 Å². The van der Waals surface area contributed by atoms with E-state index in [4.69, 9.17) is 0 Å². The zero-order chi connectivity index (χ0) is 13.2. The van der Waals surface area contributed by atoms with E-state index in [0.29, 0.717) is 5.91 Å². The minimum absolute atomic E-state index is 0.246. The van der Waals surface area contributed by atoms with E-state index < -0.39 is 0 Å². The van der Waals surface area contributed by atoms with Crippen LogP contribution < -0.4 is 5.32 Å². The third-order valence-corrected chi connectivity index (χ3v) is 4.83. The summed E-state index contributed by atoms with van der Waals surface area (Å²) in [6.07, 6.45) is 5.75. The molecule has 0 radical (unpaired) electrons. The van der Waals surface area contributed by atoms with Gasteiger partial charge < -0.3 is 15.1 Å². The van der Waals surface area contributed by atoms with Crippen LogP contribution in [0.1, 0.15) is 32.1 Å². The van der Waals surface area contributed by atoms with Gasteiger partial charge in [0.1, 0.15) is 0 Å². The molecule has 1 heterocycles. The Morgan fingerprint density at radius 1 is 1.22 bits per heavy atom. The molecule has 1 saturated heterocycles. The van der Waals surface area contributed by atoms with Crippen LogP contribution in [0.3, 0.4) is 0 Å². The molecule has 1 saturated carbocycles. The Balaban J connectivity index is 1.90. The summed E-state index contributed by atoms with van der Waals surface area (Å²) in [5.41, 5.74) is 0.247. The standard InChI is InChI=1S/C14H27N3O/c1-16(2)14(7-4-8-14)11-17(3)13(18)12-5-9-15-10-6-12/h12,15H,4-11H2,1-3H3. The van der Waals surface area contributed by atoms with Gasteiger partial charge in [-0.15, -0.1) is 0 Å². The van der Waals surface area contributed by atoms with Crippen LogP contribution in [0.25, 0.3) is 0 Å². The molecule has 4 nitrogen and oxygen atoms in total. The van der Waals surface area contributed by atoms with Crippen molar-refractivity contribution < 1.29 is 4.79 Å². The number of hydrogen-bond donors (Lipinski definition) is 1. The molecule has 4 heteroatoms. The highest BCUT2D eigenvalue weighted by Crippen LogP contribution is 2.37. The second-order valence-electron chi connectivity index (χ2n) is 6.19. The number of piperidine rings is 1. The monoisotopic (exact) mass is 253 g/mol. The van der Waals surface area contributed by atoms with Crippen LogP contribution in [0.5, 0.6) is 0 Å². The summed E-state index contributed by atoms with van der Waals surface area (Å²) in [5.74, 6) is 0.597. The molecule has 0 unspecified atom stereocenters. The SMILES string of the molecule is CN(CC1(N(C)C)CCC1)C(=O)C1CCNCC1. The van der Waals surface area contributed by atoms with Crippen LogP contribution in [0.15, 0.2) is 0 Å². The maximum absolute atomic E-state index is 12.4. The molecular formula is C14H27N3O. The van der Waals surface area contributed by atoms with Gasteiger partial charge in [0.05, 0.1) is 0 Å². The smallest absolute Gasteiger partial charge is 0.225 e. The Labute approximate surface area is 111 Å². The molecule has 0 spiro atoms. The topological polar surface area (TPSA) is 35.6 Å². The average molecular weight is 253 g/mol. The predicted octanol–water partition coefficient (Wildman–Crippen LogP) is 0.929. The molecule has 1 aliphatic carbocycles. The first-order chi connectivity index (χ1) is 8.55. The van der Waals surface area contributed by atoms with Crippen molar-refractivity contribution >= 4 is 5.91 Å². The summed E-state index contributed by atoms with van der Waals surface area (Å²) in [7, 11) is 6.26. The number of carbonyl (C=O) groups is 1. The molecular weight excluding hydrogens is 226 g/mol. The zero-order valence-electron chi connectivity index (χ0n) is 12.0. The summed E-state index contributed by atoms with van der Waals surface area (Å²) in [4.78, 5) is 16.7. The van der Waals surface area contributed by atoms with Crippen molar-refractivity contribution in [2.75, 3.05) is 40.8 Å². The van der Waals surface area contributed by atoms with E-state index in [9.17, 15) is 4.79 Å². The number of likely N-dealkylation sites (N-methyl/N-ethyl adjacent to an activating group) is 2. The Kier molecular flexibility index (Phi) is 4.28. The van der Waals surface area contributed by atoms with E-state index in [1.807, 2.05) is 11.9 Å². The number of nitrogens with one attached hydrogen (secondary N) is 1. The van der Waals surface area contributed by atoms with Crippen LogP contribution in [-0.2, 0) is 4.79 Å². The highest BCUT2D eigenvalue weighted by atomic mass is 16.2. The lowest BCUT2D eigenvalue weighted by Gasteiger charge is -2.49. The first-order valence-corrected chi connectivity index (χ1v) is 7.18. The third kappa shape index (κ3) is 2.69. The highest BCUT2D eigenvalue weighted by molar-refractivity contribution is 5.78. The van der Waals surface area contributed by atoms with Crippen molar-refractivity contribution in [2.24, 2.45) is 5.92 Å². The second-order valence-corrected chi connectivity index (χ2v) is 6.19. The fraction of sp³-hybridized carbons (Fsp3) is 0.929. The van der Waals surface area contributed by atoms with Gasteiger partial charge >= 0.3 is 0 Å². The van der Waals surface area contributed by atoms with Crippen LogP contribution in [0.4, 0.5) is 0 Å². The average Bonchev–Trinajstić information content (AvgIpc) is 2.33. The second kappa shape index (κ2) is 5.57. The van der Waals surface area contributed by atoms with E-state index in [2.05, 4.69) is 24.3 Å². The largest absolute Gasteiger partial charge is 0.344 e. The Morgan fingerprint density at radius 3 is 2.28 bits per heavy atom. The van der Waals surface area contributed by atoms with Crippen LogP contribution in [0, 0.1) is 5.92 Å². The Bertz CT molecular complexity index is 293. The maximum atomic E-state index is 12.4. The van der Waals surface area contributed by atoms with E-state index in [1.165, 1.54) is 19.3 Å². The van der Waals surface area contributed by atoms with Crippen molar-refractivity contribution in [3.05, 3.63) is 0 Å². The number of carbonyl (C=O) groups excluding carboxylic acids is 1. The zero-order valence-corrected chi connectivity index (χ0v) is 12.0. The highest BCUT2D eigenvalue weighted by Gasteiger charge is 2.41. The summed E-state index contributed by atoms with van der Waals surface area (Å²) >= 11 is 0. The van der Waals surface area contributed by atoms with E-state index in [1.54, 1.807) is 0 Å². The van der Waals surface area contributed by atoms with Gasteiger partial charge in [-0.2, -0.15) is 0 Å². The summed E-state index contributed by atoms with van der Waals surface area (Å²) in [6.45, 7) is 2.87. The summed E-state index contributed by atoms with van der Waals surface area (Å²) in [5, 5.41) is 3.32. The van der Waals surface area contributed by atoms with Crippen LogP contribution in [0.2, 0.25) is 0 Å². The van der Waals surface area contributed by atoms with Crippen LogP contribution >= 0.6 is 0 Å². The summed E-state index contributed by atoms with van der Waals surface area (Å²) in [6, 6.07) is 0. The molecule has 18 heavy (non-hydrogen) atoms. The number of amides is 1. The molecule has 1 N–H and O–H groups in total. The number of hydrogen-bond acceptors (Lipinski definition) is 3. The molecule has 2 fully saturated rings. The van der Waals surface area contributed by atoms with Gasteiger partial charge in [0.25, 0.3) is 0 Å². The molecule has 0 aromatic heterocycles. The molecule has 1 aliphatic heterocycles. The van der Waals surface area contributed by atoms with Gasteiger partial charge in [0, 0.05) is 25.0 Å². The molecule has 1 amide bonds. The molecule has 104 valence electrons. The first kappa shape index (κ1) is 13.8. The normalized spacial score (nSPS) is 23.8. The van der Waals surface area contributed by atoms with E-state index in [0.717, 1.165) is 32.5 Å². The van der Waals surface area contributed by atoms with E-state index >= 15 is 0 Å². The lowest BCUT2D eigenvalue weighted by atomic mass is 9.75. The molecule has 2 rings (SSSR count). The van der Waals surface area contributed by atoms with Gasteiger partial charge in [0.15, 0.2) is 0 Å². The quantitative estimate of drug-likeness (QED) is 0.809. The number of rotatable bonds is 4. The minimum atomic E-state index is 0.246. The lowest BCUT2D eigenvalue weighted by molar-refractivity contribution is -0.137. The van der Waals surface area contributed by atoms with Crippen molar-refractivity contribution in [1.82, 2.24) is 15.1 Å². The molecule has 0 aromatic rings. The van der Waals surface area contributed by atoms with Crippen LogP contribution in [-0.4, -0.2) is 62.0 Å². The van der Waals surface area contributed by atoms with Crippen molar-refractivity contribution in [1.29, 1.82) is 0 Å². The maximum Gasteiger partial charge on any atom is 0.225 e. The fourth-order valence-corrected chi connectivity index (χ4v) is 3.23. The lowest BCUT2D eigenvalue weighted by Crippen LogP contribution is -2.58. The van der Waals surface area contributed by atoms with Gasteiger partial charge in [0.2, 0.25) is 5.91 Å². The van der Waals surface area contributed by atoms with Gasteiger partial charge in [-0.05, 0) is 59.3 Å². The predicted molar refractivity (Wildman–Crippen MR) is 73.5 cm³/mol. The summed E-state index contributed by atoms with van der Waals surface area (Å²) < 4.78 is 0. The Hall–Kier alpha value is -0.610. The van der Waals surface area contributed by atoms with Crippen molar-refractivity contribution in [3.63, 3.8) is 0 Å². The molecule has 0 bridgehead atoms. The third-order valence-electron chi connectivity index (χ3n) is 4.83. The van der Waals surface area contributed by atoms with Gasteiger partial charge in [-0.25, -0.2) is 0 Å². The van der Waals surface area contributed by atoms with E-state index in [-0.39, 0.29) is 11.5 Å². The minimum Gasteiger partial charge on any atom is -0.344 e. The van der Waals surface area contributed by atoms with Crippen molar-refractivity contribution in [2.45, 2.75) is 37.6 Å². The molecule has 2 aliphatic rings. The van der Waals surface area contributed by atoms with Gasteiger partial charge in [-0.3, -0.25) is 4.79 Å². The fourth-order valence-electron chi connectivity index (χ4n) is 3.23. The molecule has 0 aromatic carbocycles. The number of nitrogens with zero attached hydrogens (tertiary/aromatic N) is 2. The first-order valence-electron chi connectivity index (χ1n) is 7.18. The van der Waals surface area contributed by atoms with Gasteiger partial charge in [-0.1, -0.05) is 0 Å². The Morgan fingerprint density at radius 2 is 1.83 bits per heavy atom.